The van der Waals surface area contributed by atoms with Crippen LogP contribution in [0.1, 0.15) is 49.4 Å². The van der Waals surface area contributed by atoms with Crippen LogP contribution in [-0.4, -0.2) is 31.6 Å². The quantitative estimate of drug-likeness (QED) is 0.841. The lowest BCUT2D eigenvalue weighted by Crippen LogP contribution is -2.52. The summed E-state index contributed by atoms with van der Waals surface area (Å²) in [5.41, 5.74) is 4.30. The van der Waals surface area contributed by atoms with Gasteiger partial charge >= 0.3 is 0 Å². The number of nitrogens with zero attached hydrogens (tertiary/aromatic N) is 1. The third-order valence-corrected chi connectivity index (χ3v) is 4.69. The van der Waals surface area contributed by atoms with E-state index in [2.05, 4.69) is 77.3 Å². The molecular weight excluding hydrogens is 232 g/mol. The van der Waals surface area contributed by atoms with Gasteiger partial charge in [0.05, 0.1) is 6.04 Å². The number of benzene rings is 1. The maximum absolute atomic E-state index is 3.57. The number of rotatable bonds is 6. The van der Waals surface area contributed by atoms with Crippen LogP contribution in [0.15, 0.2) is 18.2 Å². The molecule has 0 fully saturated rings. The molecule has 0 radical (unpaired) electrons. The maximum atomic E-state index is 3.57. The molecule has 1 aromatic carbocycles. The van der Waals surface area contributed by atoms with Crippen molar-refractivity contribution in [3.05, 3.63) is 34.9 Å². The van der Waals surface area contributed by atoms with E-state index >= 15 is 0 Å². The molecule has 0 saturated heterocycles. The summed E-state index contributed by atoms with van der Waals surface area (Å²) in [5, 5.41) is 3.57. The van der Waals surface area contributed by atoms with E-state index in [0.717, 1.165) is 12.8 Å². The Hall–Kier alpha value is -0.860. The smallest absolute Gasteiger partial charge is 0.0507 e. The fourth-order valence-corrected chi connectivity index (χ4v) is 3.33. The lowest BCUT2D eigenvalue weighted by molar-refractivity contribution is 0.0915. The minimum absolute atomic E-state index is 0.160. The number of hydrogen-bond donors (Lipinski definition) is 1. The van der Waals surface area contributed by atoms with Crippen LogP contribution in [0.25, 0.3) is 0 Å². The Bertz CT molecular complexity index is 406. The molecule has 19 heavy (non-hydrogen) atoms. The normalized spacial score (nSPS) is 13.9. The molecule has 0 saturated carbocycles. The van der Waals surface area contributed by atoms with Gasteiger partial charge in [-0.3, -0.25) is 0 Å². The number of hydrogen-bond acceptors (Lipinski definition) is 2. The molecule has 0 aliphatic carbocycles. The summed E-state index contributed by atoms with van der Waals surface area (Å²) < 4.78 is 0. The van der Waals surface area contributed by atoms with Crippen molar-refractivity contribution in [2.24, 2.45) is 0 Å². The molecule has 1 N–H and O–H groups in total. The first-order valence-electron chi connectivity index (χ1n) is 7.34. The molecule has 0 spiro atoms. The van der Waals surface area contributed by atoms with E-state index in [1.807, 2.05) is 0 Å². The van der Waals surface area contributed by atoms with E-state index in [1.54, 1.807) is 0 Å². The molecule has 1 aromatic rings. The van der Waals surface area contributed by atoms with E-state index < -0.39 is 0 Å². The standard InChI is InChI=1S/C17H30N2/c1-8-17(9-2,19(6)7)16(18-5)15-12-13(3)10-11-14(15)4/h10-12,16,18H,8-9H2,1-7H3. The van der Waals surface area contributed by atoms with Crippen LogP contribution in [-0.2, 0) is 0 Å². The van der Waals surface area contributed by atoms with E-state index in [0.29, 0.717) is 6.04 Å². The van der Waals surface area contributed by atoms with Crippen molar-refractivity contribution in [1.29, 1.82) is 0 Å². The second-order valence-corrected chi connectivity index (χ2v) is 5.79. The van der Waals surface area contributed by atoms with Crippen molar-refractivity contribution in [1.82, 2.24) is 10.2 Å². The summed E-state index contributed by atoms with van der Waals surface area (Å²) in [5.74, 6) is 0. The van der Waals surface area contributed by atoms with Crippen molar-refractivity contribution in [3.8, 4) is 0 Å². The molecule has 1 atom stereocenters. The average Bonchev–Trinajstić information content (AvgIpc) is 2.39. The number of nitrogens with one attached hydrogen (secondary N) is 1. The molecule has 0 amide bonds. The summed E-state index contributed by atoms with van der Waals surface area (Å²) >= 11 is 0. The maximum Gasteiger partial charge on any atom is 0.0507 e. The van der Waals surface area contributed by atoms with E-state index in [-0.39, 0.29) is 5.54 Å². The summed E-state index contributed by atoms with van der Waals surface area (Å²) in [4.78, 5) is 2.38. The molecule has 0 aliphatic heterocycles. The molecule has 2 nitrogen and oxygen atoms in total. The second kappa shape index (κ2) is 6.53. The fraction of sp³-hybridized carbons (Fsp3) is 0.647. The van der Waals surface area contributed by atoms with Gasteiger partial charge in [0.25, 0.3) is 0 Å². The van der Waals surface area contributed by atoms with E-state index in [4.69, 9.17) is 0 Å². The van der Waals surface area contributed by atoms with Gasteiger partial charge < -0.3 is 10.2 Å². The van der Waals surface area contributed by atoms with Gasteiger partial charge in [-0.2, -0.15) is 0 Å². The Morgan fingerprint density at radius 2 is 1.74 bits per heavy atom. The topological polar surface area (TPSA) is 15.3 Å². The fourth-order valence-electron chi connectivity index (χ4n) is 3.33. The first kappa shape index (κ1) is 16.2. The van der Waals surface area contributed by atoms with Crippen LogP contribution in [0.5, 0.6) is 0 Å². The van der Waals surface area contributed by atoms with Gasteiger partial charge in [-0.15, -0.1) is 0 Å². The summed E-state index contributed by atoms with van der Waals surface area (Å²) in [6.07, 6.45) is 2.27. The van der Waals surface area contributed by atoms with Gasteiger partial charge in [0, 0.05) is 5.54 Å². The SMILES string of the molecule is CCC(CC)(C(NC)c1cc(C)ccc1C)N(C)C. The average molecular weight is 262 g/mol. The molecule has 108 valence electrons. The second-order valence-electron chi connectivity index (χ2n) is 5.79. The van der Waals surface area contributed by atoms with Crippen LogP contribution >= 0.6 is 0 Å². The minimum Gasteiger partial charge on any atom is -0.311 e. The third-order valence-electron chi connectivity index (χ3n) is 4.69. The van der Waals surface area contributed by atoms with Crippen molar-refractivity contribution in [3.63, 3.8) is 0 Å². The van der Waals surface area contributed by atoms with Crippen molar-refractivity contribution in [2.75, 3.05) is 21.1 Å². The largest absolute Gasteiger partial charge is 0.311 e. The van der Waals surface area contributed by atoms with Crippen molar-refractivity contribution < 1.29 is 0 Å². The third kappa shape index (κ3) is 3.01. The lowest BCUT2D eigenvalue weighted by atomic mass is 9.78. The molecule has 0 aromatic heterocycles. The highest BCUT2D eigenvalue weighted by Gasteiger charge is 2.38. The van der Waals surface area contributed by atoms with Crippen LogP contribution in [0.3, 0.4) is 0 Å². The Morgan fingerprint density at radius 1 is 1.16 bits per heavy atom. The van der Waals surface area contributed by atoms with Gasteiger partial charge in [0.1, 0.15) is 0 Å². The first-order valence-corrected chi connectivity index (χ1v) is 7.34. The van der Waals surface area contributed by atoms with Gasteiger partial charge in [-0.25, -0.2) is 0 Å². The molecule has 0 aliphatic rings. The van der Waals surface area contributed by atoms with Crippen LogP contribution in [0.2, 0.25) is 0 Å². The van der Waals surface area contributed by atoms with Crippen molar-refractivity contribution >= 4 is 0 Å². The monoisotopic (exact) mass is 262 g/mol. The molecule has 1 rings (SSSR count). The van der Waals surface area contributed by atoms with Gasteiger partial charge in [0.2, 0.25) is 0 Å². The molecule has 2 heteroatoms. The van der Waals surface area contributed by atoms with Crippen LogP contribution in [0, 0.1) is 13.8 Å². The van der Waals surface area contributed by atoms with E-state index in [9.17, 15) is 0 Å². The lowest BCUT2D eigenvalue weighted by Gasteiger charge is -2.46. The zero-order valence-electron chi connectivity index (χ0n) is 13.7. The van der Waals surface area contributed by atoms with Gasteiger partial charge in [0.15, 0.2) is 0 Å². The summed E-state index contributed by atoms with van der Waals surface area (Å²) in [6, 6.07) is 7.12. The summed E-state index contributed by atoms with van der Waals surface area (Å²) in [7, 11) is 6.47. The first-order chi connectivity index (χ1) is 8.92. The zero-order chi connectivity index (χ0) is 14.6. The predicted octanol–water partition coefficient (Wildman–Crippen LogP) is 3.68. The highest BCUT2D eigenvalue weighted by Crippen LogP contribution is 2.37. The van der Waals surface area contributed by atoms with Crippen LogP contribution < -0.4 is 5.32 Å². The predicted molar refractivity (Wildman–Crippen MR) is 84.7 cm³/mol. The highest BCUT2D eigenvalue weighted by molar-refractivity contribution is 5.35. The van der Waals surface area contributed by atoms with Crippen molar-refractivity contribution in [2.45, 2.75) is 52.1 Å². The number of likely N-dealkylation sites (N-methyl/N-ethyl adjacent to an activating group) is 2. The Balaban J connectivity index is 3.35. The molecule has 1 unspecified atom stereocenters. The Labute approximate surface area is 119 Å². The molecule has 0 heterocycles. The molecular formula is C17H30N2. The minimum atomic E-state index is 0.160. The molecule has 0 bridgehead atoms. The zero-order valence-corrected chi connectivity index (χ0v) is 13.7. The van der Waals surface area contributed by atoms with Gasteiger partial charge in [-0.05, 0) is 59.0 Å². The van der Waals surface area contributed by atoms with E-state index in [1.165, 1.54) is 16.7 Å². The number of aryl methyl sites for hydroxylation is 2. The van der Waals surface area contributed by atoms with Crippen LogP contribution in [0.4, 0.5) is 0 Å². The van der Waals surface area contributed by atoms with Gasteiger partial charge in [-0.1, -0.05) is 37.6 Å². The Morgan fingerprint density at radius 3 is 2.16 bits per heavy atom. The summed E-state index contributed by atoms with van der Waals surface area (Å²) in [6.45, 7) is 8.97. The highest BCUT2D eigenvalue weighted by atomic mass is 15.2. The Kier molecular flexibility index (Phi) is 5.57.